The van der Waals surface area contributed by atoms with Crippen molar-refractivity contribution in [2.45, 2.75) is 0 Å². The molecular weight excluding hydrogens is 238 g/mol. The second-order valence-electron chi connectivity index (χ2n) is 4.33. The van der Waals surface area contributed by atoms with Crippen molar-refractivity contribution in [3.8, 4) is 28.4 Å². The number of phenolic OH excluding ortho intramolecular Hbond substituents is 1. The lowest BCUT2D eigenvalue weighted by Gasteiger charge is -1.99. The molecule has 3 nitrogen and oxygen atoms in total. The lowest BCUT2D eigenvalue weighted by atomic mass is 10.1. The lowest BCUT2D eigenvalue weighted by Crippen LogP contribution is -1.82. The van der Waals surface area contributed by atoms with Gasteiger partial charge in [0.05, 0.1) is 0 Å². The third-order valence-electron chi connectivity index (χ3n) is 2.95. The fourth-order valence-electron chi connectivity index (χ4n) is 1.92. The molecule has 0 unspecified atom stereocenters. The summed E-state index contributed by atoms with van der Waals surface area (Å²) in [6.45, 7) is 0. The molecule has 0 bridgehead atoms. The molecule has 0 aliphatic carbocycles. The van der Waals surface area contributed by atoms with E-state index in [1.165, 1.54) is 0 Å². The van der Waals surface area contributed by atoms with Crippen molar-refractivity contribution in [1.82, 2.24) is 0 Å². The third-order valence-corrected chi connectivity index (χ3v) is 2.95. The fraction of sp³-hybridized carbons (Fsp3) is 0. The van der Waals surface area contributed by atoms with E-state index in [9.17, 15) is 5.11 Å². The summed E-state index contributed by atoms with van der Waals surface area (Å²) in [5, 5.41) is 9.27. The number of nitrogens with two attached hydrogens (primary N) is 1. The summed E-state index contributed by atoms with van der Waals surface area (Å²) in [5.74, 6) is 1.81. The maximum absolute atomic E-state index is 9.27. The summed E-state index contributed by atoms with van der Waals surface area (Å²) in [6.07, 6.45) is 0. The minimum Gasteiger partial charge on any atom is -0.508 e. The molecule has 19 heavy (non-hydrogen) atoms. The molecule has 0 radical (unpaired) electrons. The topological polar surface area (TPSA) is 59.4 Å². The SMILES string of the molecule is Nc1ccc(-c2ccc(-c3ccc(O)cc3)o2)cc1. The van der Waals surface area contributed by atoms with Gasteiger partial charge in [0.1, 0.15) is 17.3 Å². The van der Waals surface area contributed by atoms with Crippen LogP contribution < -0.4 is 5.73 Å². The normalized spacial score (nSPS) is 10.5. The van der Waals surface area contributed by atoms with Gasteiger partial charge in [-0.05, 0) is 60.7 Å². The minimum atomic E-state index is 0.245. The van der Waals surface area contributed by atoms with Crippen molar-refractivity contribution >= 4 is 5.69 Å². The van der Waals surface area contributed by atoms with Crippen LogP contribution >= 0.6 is 0 Å². The Balaban J connectivity index is 1.95. The average molecular weight is 251 g/mol. The zero-order chi connectivity index (χ0) is 13.2. The number of hydrogen-bond donors (Lipinski definition) is 2. The molecule has 3 aromatic rings. The molecule has 3 N–H and O–H groups in total. The number of anilines is 1. The van der Waals surface area contributed by atoms with Crippen LogP contribution in [0.2, 0.25) is 0 Å². The van der Waals surface area contributed by atoms with E-state index in [4.69, 9.17) is 10.2 Å². The van der Waals surface area contributed by atoms with Gasteiger partial charge in [0.2, 0.25) is 0 Å². The maximum Gasteiger partial charge on any atom is 0.134 e. The number of aromatic hydroxyl groups is 1. The predicted molar refractivity (Wildman–Crippen MR) is 75.7 cm³/mol. The number of rotatable bonds is 2. The molecule has 2 aromatic carbocycles. The van der Waals surface area contributed by atoms with E-state index in [-0.39, 0.29) is 5.75 Å². The monoisotopic (exact) mass is 251 g/mol. The number of benzene rings is 2. The number of hydrogen-bond acceptors (Lipinski definition) is 3. The summed E-state index contributed by atoms with van der Waals surface area (Å²) in [6, 6.07) is 18.3. The van der Waals surface area contributed by atoms with Gasteiger partial charge in [-0.2, -0.15) is 0 Å². The Morgan fingerprint density at radius 3 is 1.68 bits per heavy atom. The number of nitrogen functional groups attached to an aromatic ring is 1. The largest absolute Gasteiger partial charge is 0.508 e. The van der Waals surface area contributed by atoms with Crippen LogP contribution in [-0.2, 0) is 0 Å². The molecule has 1 aromatic heterocycles. The van der Waals surface area contributed by atoms with E-state index in [2.05, 4.69) is 0 Å². The van der Waals surface area contributed by atoms with Gasteiger partial charge in [-0.1, -0.05) is 0 Å². The van der Waals surface area contributed by atoms with E-state index in [0.717, 1.165) is 28.3 Å². The van der Waals surface area contributed by atoms with Gasteiger partial charge in [0.15, 0.2) is 0 Å². The van der Waals surface area contributed by atoms with Crippen LogP contribution in [0.4, 0.5) is 5.69 Å². The van der Waals surface area contributed by atoms with Crippen molar-refractivity contribution in [2.24, 2.45) is 0 Å². The van der Waals surface area contributed by atoms with Crippen LogP contribution in [0, 0.1) is 0 Å². The van der Waals surface area contributed by atoms with Crippen LogP contribution in [0.1, 0.15) is 0 Å². The average Bonchev–Trinajstić information content (AvgIpc) is 2.90. The first-order chi connectivity index (χ1) is 9.22. The second-order valence-corrected chi connectivity index (χ2v) is 4.33. The molecule has 3 heteroatoms. The highest BCUT2D eigenvalue weighted by Gasteiger charge is 2.06. The third kappa shape index (κ3) is 2.31. The molecule has 0 amide bonds. The van der Waals surface area contributed by atoms with Crippen LogP contribution in [0.25, 0.3) is 22.6 Å². The smallest absolute Gasteiger partial charge is 0.134 e. The molecule has 3 rings (SSSR count). The summed E-state index contributed by atoms with van der Waals surface area (Å²) < 4.78 is 5.81. The Hall–Kier alpha value is -2.68. The highest BCUT2D eigenvalue weighted by Crippen LogP contribution is 2.29. The van der Waals surface area contributed by atoms with Gasteiger partial charge in [0, 0.05) is 16.8 Å². The molecule has 0 aliphatic heterocycles. The Morgan fingerprint density at radius 2 is 1.16 bits per heavy atom. The Morgan fingerprint density at radius 1 is 0.684 bits per heavy atom. The molecular formula is C16H13NO2. The van der Waals surface area contributed by atoms with Gasteiger partial charge in [-0.15, -0.1) is 0 Å². The van der Waals surface area contributed by atoms with Crippen LogP contribution in [-0.4, -0.2) is 5.11 Å². The number of phenols is 1. The van der Waals surface area contributed by atoms with E-state index < -0.39 is 0 Å². The van der Waals surface area contributed by atoms with Gasteiger partial charge in [-0.3, -0.25) is 0 Å². The van der Waals surface area contributed by atoms with E-state index in [0.29, 0.717) is 0 Å². The van der Waals surface area contributed by atoms with Crippen LogP contribution in [0.5, 0.6) is 5.75 Å². The summed E-state index contributed by atoms with van der Waals surface area (Å²) >= 11 is 0. The molecule has 0 saturated carbocycles. The fourth-order valence-corrected chi connectivity index (χ4v) is 1.92. The van der Waals surface area contributed by atoms with E-state index in [1.807, 2.05) is 48.5 Å². The molecule has 0 saturated heterocycles. The Kier molecular flexibility index (Phi) is 2.72. The van der Waals surface area contributed by atoms with Gasteiger partial charge >= 0.3 is 0 Å². The standard InChI is InChI=1S/C16H13NO2/c17-13-5-1-11(2-6-13)15-9-10-16(19-15)12-3-7-14(18)8-4-12/h1-10,18H,17H2. The summed E-state index contributed by atoms with van der Waals surface area (Å²) in [4.78, 5) is 0. The molecule has 1 heterocycles. The molecule has 0 spiro atoms. The first-order valence-corrected chi connectivity index (χ1v) is 5.97. The van der Waals surface area contributed by atoms with Crippen molar-refractivity contribution < 1.29 is 9.52 Å². The van der Waals surface area contributed by atoms with Gasteiger partial charge < -0.3 is 15.3 Å². The van der Waals surface area contributed by atoms with Crippen molar-refractivity contribution in [1.29, 1.82) is 0 Å². The Labute approximate surface area is 110 Å². The van der Waals surface area contributed by atoms with Crippen molar-refractivity contribution in [3.05, 3.63) is 60.7 Å². The maximum atomic E-state index is 9.27. The van der Waals surface area contributed by atoms with Crippen molar-refractivity contribution in [3.63, 3.8) is 0 Å². The van der Waals surface area contributed by atoms with E-state index >= 15 is 0 Å². The van der Waals surface area contributed by atoms with Crippen molar-refractivity contribution in [2.75, 3.05) is 5.73 Å². The summed E-state index contributed by atoms with van der Waals surface area (Å²) in [5.41, 5.74) is 8.31. The van der Waals surface area contributed by atoms with Crippen LogP contribution in [0.15, 0.2) is 65.1 Å². The highest BCUT2D eigenvalue weighted by atomic mass is 16.3. The minimum absolute atomic E-state index is 0.245. The Bertz CT molecular complexity index is 622. The predicted octanol–water partition coefficient (Wildman–Crippen LogP) is 3.90. The summed E-state index contributed by atoms with van der Waals surface area (Å²) in [7, 11) is 0. The zero-order valence-electron chi connectivity index (χ0n) is 10.2. The van der Waals surface area contributed by atoms with Crippen LogP contribution in [0.3, 0.4) is 0 Å². The lowest BCUT2D eigenvalue weighted by molar-refractivity contribution is 0.475. The van der Waals surface area contributed by atoms with Gasteiger partial charge in [0.25, 0.3) is 0 Å². The molecule has 0 fully saturated rings. The zero-order valence-corrected chi connectivity index (χ0v) is 10.2. The number of furan rings is 1. The first kappa shape index (κ1) is 11.4. The molecule has 0 atom stereocenters. The van der Waals surface area contributed by atoms with E-state index in [1.54, 1.807) is 12.1 Å². The van der Waals surface area contributed by atoms with Gasteiger partial charge in [-0.25, -0.2) is 0 Å². The quantitative estimate of drug-likeness (QED) is 0.679. The molecule has 0 aliphatic rings. The second kappa shape index (κ2) is 4.53. The molecule has 94 valence electrons. The highest BCUT2D eigenvalue weighted by molar-refractivity contribution is 5.66. The first-order valence-electron chi connectivity index (χ1n) is 5.97.